The number of nitro benzene ring substituents is 1. The number of aryl methyl sites for hydroxylation is 3. The van der Waals surface area contributed by atoms with E-state index in [9.17, 15) is 14.9 Å². The third-order valence-electron chi connectivity index (χ3n) is 5.80. The van der Waals surface area contributed by atoms with Crippen LogP contribution in [0, 0.1) is 30.9 Å². The molecule has 0 bridgehead atoms. The topological polar surface area (TPSA) is 89.2 Å². The number of benzene rings is 2. The van der Waals surface area contributed by atoms with Crippen molar-refractivity contribution >= 4 is 35.1 Å². The minimum atomic E-state index is -0.363. The van der Waals surface area contributed by atoms with Gasteiger partial charge >= 0.3 is 0 Å². The molecule has 170 valence electrons. The van der Waals surface area contributed by atoms with Gasteiger partial charge in [-0.3, -0.25) is 14.9 Å². The van der Waals surface area contributed by atoms with E-state index in [1.165, 1.54) is 17.3 Å². The van der Waals surface area contributed by atoms with Crippen LogP contribution < -0.4 is 10.6 Å². The van der Waals surface area contributed by atoms with Gasteiger partial charge in [-0.2, -0.15) is 0 Å². The highest BCUT2D eigenvalue weighted by molar-refractivity contribution is 8.05. The second-order valence-electron chi connectivity index (χ2n) is 8.06. The number of anilines is 1. The summed E-state index contributed by atoms with van der Waals surface area (Å²) < 4.78 is 1.97. The normalized spacial score (nSPS) is 16.8. The number of rotatable bonds is 6. The fraction of sp³-hybridized carbons (Fsp3) is 0.240. The second-order valence-corrected chi connectivity index (χ2v) is 9.21. The molecule has 1 amide bonds. The lowest BCUT2D eigenvalue weighted by Crippen LogP contribution is -2.30. The second kappa shape index (κ2) is 9.15. The predicted molar refractivity (Wildman–Crippen MR) is 134 cm³/mol. The molecule has 0 spiro atoms. The zero-order valence-corrected chi connectivity index (χ0v) is 19.8. The van der Waals surface area contributed by atoms with Crippen LogP contribution >= 0.6 is 11.8 Å². The molecule has 0 unspecified atom stereocenters. The van der Waals surface area contributed by atoms with Gasteiger partial charge in [0.25, 0.3) is 11.6 Å². The molecule has 2 aromatic carbocycles. The van der Waals surface area contributed by atoms with E-state index < -0.39 is 0 Å². The first kappa shape index (κ1) is 22.7. The van der Waals surface area contributed by atoms with Crippen molar-refractivity contribution in [2.45, 2.75) is 39.6 Å². The van der Waals surface area contributed by atoms with Crippen LogP contribution in [-0.2, 0) is 11.2 Å². The summed E-state index contributed by atoms with van der Waals surface area (Å²) in [5.74, 6) is -0.126. The molecular weight excluding hydrogens is 436 g/mol. The lowest BCUT2D eigenvalue weighted by Gasteiger charge is -2.12. The standard InChI is InChI=1S/C25H26N4O3S/c1-5-18-7-9-20(10-8-18)26-25-27-24(30)23(33-25)13-19-12-16(3)28(17(19)4)21-11-6-15(2)22(14-21)29(31)32/h6-14,25-26H,5H2,1-4H3,(H,27,30)/b23-13-/t25-/m0/s1. The molecule has 4 rings (SSSR count). The first-order valence-electron chi connectivity index (χ1n) is 10.8. The Labute approximate surface area is 197 Å². The van der Waals surface area contributed by atoms with E-state index in [-0.39, 0.29) is 22.0 Å². The molecule has 1 atom stereocenters. The lowest BCUT2D eigenvalue weighted by atomic mass is 10.1. The van der Waals surface area contributed by atoms with Gasteiger partial charge in [-0.25, -0.2) is 0 Å². The zero-order chi connectivity index (χ0) is 23.7. The van der Waals surface area contributed by atoms with E-state index in [2.05, 4.69) is 29.7 Å². The van der Waals surface area contributed by atoms with Crippen molar-refractivity contribution in [3.8, 4) is 5.69 Å². The number of amides is 1. The fourth-order valence-corrected chi connectivity index (χ4v) is 4.94. The first-order chi connectivity index (χ1) is 15.8. The van der Waals surface area contributed by atoms with Crippen molar-refractivity contribution < 1.29 is 9.72 Å². The van der Waals surface area contributed by atoms with Gasteiger partial charge in [-0.1, -0.05) is 36.9 Å². The number of nitro groups is 1. The predicted octanol–water partition coefficient (Wildman–Crippen LogP) is 5.47. The molecule has 1 aromatic heterocycles. The number of thioether (sulfide) groups is 1. The number of hydrogen-bond donors (Lipinski definition) is 2. The average molecular weight is 463 g/mol. The van der Waals surface area contributed by atoms with E-state index in [0.29, 0.717) is 10.5 Å². The number of aromatic nitrogens is 1. The molecule has 2 heterocycles. The van der Waals surface area contributed by atoms with E-state index in [1.807, 2.05) is 48.8 Å². The summed E-state index contributed by atoms with van der Waals surface area (Å²) in [7, 11) is 0. The van der Waals surface area contributed by atoms with Crippen molar-refractivity contribution in [3.05, 3.63) is 91.6 Å². The maximum Gasteiger partial charge on any atom is 0.274 e. The highest BCUT2D eigenvalue weighted by atomic mass is 32.2. The van der Waals surface area contributed by atoms with E-state index in [1.54, 1.807) is 19.1 Å². The van der Waals surface area contributed by atoms with Crippen molar-refractivity contribution in [2.75, 3.05) is 5.32 Å². The first-order valence-corrected chi connectivity index (χ1v) is 11.6. The summed E-state index contributed by atoms with van der Waals surface area (Å²) >= 11 is 1.44. The Morgan fingerprint density at radius 2 is 1.88 bits per heavy atom. The Morgan fingerprint density at radius 1 is 1.15 bits per heavy atom. The molecule has 1 aliphatic heterocycles. The minimum absolute atomic E-state index is 0.0894. The maximum atomic E-state index is 12.6. The summed E-state index contributed by atoms with van der Waals surface area (Å²) in [4.78, 5) is 24.2. The molecule has 1 saturated heterocycles. The van der Waals surface area contributed by atoms with Crippen molar-refractivity contribution in [1.82, 2.24) is 9.88 Å². The molecule has 33 heavy (non-hydrogen) atoms. The van der Waals surface area contributed by atoms with Crippen LogP contribution in [0.25, 0.3) is 11.8 Å². The molecule has 3 aromatic rings. The van der Waals surface area contributed by atoms with Gasteiger partial charge in [-0.15, -0.1) is 0 Å². The van der Waals surface area contributed by atoms with Crippen LogP contribution in [0.2, 0.25) is 0 Å². The van der Waals surface area contributed by atoms with Crippen LogP contribution in [-0.4, -0.2) is 20.9 Å². The molecular formula is C25H26N4O3S. The summed E-state index contributed by atoms with van der Waals surface area (Å²) in [5, 5.41) is 17.7. The smallest absolute Gasteiger partial charge is 0.274 e. The average Bonchev–Trinajstić information content (AvgIpc) is 3.26. The molecule has 7 nitrogen and oxygen atoms in total. The van der Waals surface area contributed by atoms with Crippen LogP contribution in [0.3, 0.4) is 0 Å². The fourth-order valence-electron chi connectivity index (χ4n) is 3.96. The SMILES string of the molecule is CCc1ccc(N[C@H]2NC(=O)/C(=C/c3cc(C)n(-c4ccc(C)c([N+](=O)[O-])c4)c3C)S2)cc1. The molecule has 8 heteroatoms. The number of carbonyl (C=O) groups is 1. The number of nitrogens with zero attached hydrogens (tertiary/aromatic N) is 2. The summed E-state index contributed by atoms with van der Waals surface area (Å²) in [6.07, 6.45) is 2.86. The Balaban J connectivity index is 1.58. The largest absolute Gasteiger partial charge is 0.357 e. The van der Waals surface area contributed by atoms with Crippen LogP contribution in [0.1, 0.15) is 35.0 Å². The van der Waals surface area contributed by atoms with Crippen LogP contribution in [0.15, 0.2) is 53.4 Å². The molecule has 0 saturated carbocycles. The van der Waals surface area contributed by atoms with Gasteiger partial charge in [0.05, 0.1) is 15.5 Å². The van der Waals surface area contributed by atoms with Crippen molar-refractivity contribution in [1.29, 1.82) is 0 Å². The maximum absolute atomic E-state index is 12.6. The van der Waals surface area contributed by atoms with E-state index in [0.717, 1.165) is 34.7 Å². The van der Waals surface area contributed by atoms with Gasteiger partial charge in [0, 0.05) is 28.7 Å². The molecule has 2 N–H and O–H groups in total. The molecule has 0 aliphatic carbocycles. The number of hydrogen-bond acceptors (Lipinski definition) is 5. The third-order valence-corrected chi connectivity index (χ3v) is 6.82. The van der Waals surface area contributed by atoms with Gasteiger partial charge < -0.3 is 15.2 Å². The quantitative estimate of drug-likeness (QED) is 0.288. The monoisotopic (exact) mass is 462 g/mol. The Kier molecular flexibility index (Phi) is 6.29. The summed E-state index contributed by atoms with van der Waals surface area (Å²) in [6, 6.07) is 15.4. The summed E-state index contributed by atoms with van der Waals surface area (Å²) in [5.41, 5.74) is 6.15. The van der Waals surface area contributed by atoms with E-state index >= 15 is 0 Å². The Bertz CT molecular complexity index is 1260. The third kappa shape index (κ3) is 4.66. The lowest BCUT2D eigenvalue weighted by molar-refractivity contribution is -0.385. The Morgan fingerprint density at radius 3 is 2.55 bits per heavy atom. The highest BCUT2D eigenvalue weighted by Crippen LogP contribution is 2.33. The van der Waals surface area contributed by atoms with Crippen LogP contribution in [0.5, 0.6) is 0 Å². The molecule has 1 aliphatic rings. The van der Waals surface area contributed by atoms with Gasteiger partial charge in [0.2, 0.25) is 0 Å². The Hall–Kier alpha value is -3.52. The molecule has 0 radical (unpaired) electrons. The molecule has 1 fully saturated rings. The van der Waals surface area contributed by atoms with Gasteiger partial charge in [0.1, 0.15) is 0 Å². The van der Waals surface area contributed by atoms with Crippen molar-refractivity contribution in [3.63, 3.8) is 0 Å². The van der Waals surface area contributed by atoms with Gasteiger partial charge in [0.15, 0.2) is 5.50 Å². The van der Waals surface area contributed by atoms with Crippen LogP contribution in [0.4, 0.5) is 11.4 Å². The van der Waals surface area contributed by atoms with E-state index in [4.69, 9.17) is 0 Å². The highest BCUT2D eigenvalue weighted by Gasteiger charge is 2.27. The van der Waals surface area contributed by atoms with Gasteiger partial charge in [-0.05, 0) is 68.7 Å². The van der Waals surface area contributed by atoms with Crippen molar-refractivity contribution in [2.24, 2.45) is 0 Å². The minimum Gasteiger partial charge on any atom is -0.357 e. The number of nitrogens with one attached hydrogen (secondary N) is 2. The number of carbonyl (C=O) groups excluding carboxylic acids is 1. The zero-order valence-electron chi connectivity index (χ0n) is 19.0. The summed E-state index contributed by atoms with van der Waals surface area (Å²) in [6.45, 7) is 7.75.